The number of nitro groups is 1. The molecule has 0 fully saturated rings. The minimum atomic E-state index is -1.27. The lowest BCUT2D eigenvalue weighted by Crippen LogP contribution is -2.05. The maximum absolute atomic E-state index is 11.0. The molecule has 0 aliphatic carbocycles. The summed E-state index contributed by atoms with van der Waals surface area (Å²) in [4.78, 5) is 28.5. The molecule has 2 aromatic rings. The molecule has 0 amide bonds. The Morgan fingerprint density at radius 2 is 2.05 bits per heavy atom. The first-order chi connectivity index (χ1) is 9.49. The second-order valence-corrected chi connectivity index (χ2v) is 3.82. The number of carboxylic acids is 1. The standard InChI is InChI=1S/C12H9N3O5/c1-7-6-8(15(18)19)2-3-9(7)20-11-10(12(16)17)13-4-5-14-11/h2-6H,1H3,(H,16,17). The van der Waals surface area contributed by atoms with Gasteiger partial charge in [0.2, 0.25) is 5.69 Å². The van der Waals surface area contributed by atoms with Crippen LogP contribution in [0.3, 0.4) is 0 Å². The van der Waals surface area contributed by atoms with Crippen LogP contribution in [-0.4, -0.2) is 26.0 Å². The summed E-state index contributed by atoms with van der Waals surface area (Å²) in [5.74, 6) is -1.16. The van der Waals surface area contributed by atoms with Crippen LogP contribution in [0.5, 0.6) is 11.6 Å². The Balaban J connectivity index is 2.36. The van der Waals surface area contributed by atoms with E-state index in [1.54, 1.807) is 6.92 Å². The number of hydrogen-bond acceptors (Lipinski definition) is 6. The van der Waals surface area contributed by atoms with Crippen LogP contribution in [0.2, 0.25) is 0 Å². The molecule has 8 heteroatoms. The zero-order valence-electron chi connectivity index (χ0n) is 10.3. The van der Waals surface area contributed by atoms with Gasteiger partial charge in [-0.25, -0.2) is 14.8 Å². The second kappa shape index (κ2) is 5.31. The van der Waals surface area contributed by atoms with E-state index in [0.29, 0.717) is 5.56 Å². The quantitative estimate of drug-likeness (QED) is 0.671. The van der Waals surface area contributed by atoms with Gasteiger partial charge in [0.15, 0.2) is 0 Å². The Hall–Kier alpha value is -3.03. The van der Waals surface area contributed by atoms with E-state index in [9.17, 15) is 14.9 Å². The lowest BCUT2D eigenvalue weighted by Gasteiger charge is -2.08. The van der Waals surface area contributed by atoms with E-state index >= 15 is 0 Å². The lowest BCUT2D eigenvalue weighted by molar-refractivity contribution is -0.384. The van der Waals surface area contributed by atoms with Crippen molar-refractivity contribution in [2.45, 2.75) is 6.92 Å². The summed E-state index contributed by atoms with van der Waals surface area (Å²) in [7, 11) is 0. The molecule has 0 unspecified atom stereocenters. The third-order valence-corrected chi connectivity index (χ3v) is 2.44. The molecule has 0 saturated carbocycles. The first kappa shape index (κ1) is 13.4. The Kier molecular flexibility index (Phi) is 3.56. The van der Waals surface area contributed by atoms with Gasteiger partial charge in [0.1, 0.15) is 5.75 Å². The van der Waals surface area contributed by atoms with Crippen molar-refractivity contribution in [2.75, 3.05) is 0 Å². The van der Waals surface area contributed by atoms with Crippen molar-refractivity contribution < 1.29 is 19.6 Å². The number of carboxylic acid groups (broad SMARTS) is 1. The maximum Gasteiger partial charge on any atom is 0.360 e. The molecule has 1 heterocycles. The number of non-ortho nitro benzene ring substituents is 1. The maximum atomic E-state index is 11.0. The Morgan fingerprint density at radius 1 is 1.35 bits per heavy atom. The van der Waals surface area contributed by atoms with Crippen LogP contribution < -0.4 is 4.74 Å². The average molecular weight is 275 g/mol. The largest absolute Gasteiger partial charge is 0.476 e. The monoisotopic (exact) mass is 275 g/mol. The Morgan fingerprint density at radius 3 is 2.65 bits per heavy atom. The minimum Gasteiger partial charge on any atom is -0.476 e. The van der Waals surface area contributed by atoms with Gasteiger partial charge < -0.3 is 9.84 Å². The lowest BCUT2D eigenvalue weighted by atomic mass is 10.2. The predicted molar refractivity (Wildman–Crippen MR) is 66.9 cm³/mol. The van der Waals surface area contributed by atoms with E-state index in [1.165, 1.54) is 30.6 Å². The number of ether oxygens (including phenoxy) is 1. The average Bonchev–Trinajstić information content (AvgIpc) is 2.41. The number of aromatic nitrogens is 2. The fraction of sp³-hybridized carbons (Fsp3) is 0.0833. The third kappa shape index (κ3) is 2.69. The first-order valence-electron chi connectivity index (χ1n) is 5.46. The fourth-order valence-corrected chi connectivity index (χ4v) is 1.51. The van der Waals surface area contributed by atoms with Crippen molar-refractivity contribution in [2.24, 2.45) is 0 Å². The molecule has 1 N–H and O–H groups in total. The van der Waals surface area contributed by atoms with Gasteiger partial charge in [-0.2, -0.15) is 0 Å². The third-order valence-electron chi connectivity index (χ3n) is 2.44. The first-order valence-corrected chi connectivity index (χ1v) is 5.46. The summed E-state index contributed by atoms with van der Waals surface area (Å²) in [6.07, 6.45) is 2.53. The number of carbonyl (C=O) groups is 1. The van der Waals surface area contributed by atoms with Gasteiger partial charge in [-0.15, -0.1) is 0 Å². The summed E-state index contributed by atoms with van der Waals surface area (Å²) in [5, 5.41) is 19.6. The fourth-order valence-electron chi connectivity index (χ4n) is 1.51. The van der Waals surface area contributed by atoms with Crippen molar-refractivity contribution in [3.05, 3.63) is 52.0 Å². The van der Waals surface area contributed by atoms with E-state index in [4.69, 9.17) is 9.84 Å². The van der Waals surface area contributed by atoms with Crippen LogP contribution in [0.4, 0.5) is 5.69 Å². The Labute approximate surface area is 112 Å². The highest BCUT2D eigenvalue weighted by Crippen LogP contribution is 2.28. The van der Waals surface area contributed by atoms with E-state index in [0.717, 1.165) is 0 Å². The predicted octanol–water partition coefficient (Wildman–Crippen LogP) is 2.18. The van der Waals surface area contributed by atoms with Gasteiger partial charge in [0.05, 0.1) is 4.92 Å². The zero-order valence-corrected chi connectivity index (χ0v) is 10.3. The van der Waals surface area contributed by atoms with E-state index < -0.39 is 10.9 Å². The van der Waals surface area contributed by atoms with E-state index in [-0.39, 0.29) is 23.0 Å². The van der Waals surface area contributed by atoms with E-state index in [1.807, 2.05) is 0 Å². The molecule has 0 saturated heterocycles. The van der Waals surface area contributed by atoms with Crippen LogP contribution in [0, 0.1) is 17.0 Å². The summed E-state index contributed by atoms with van der Waals surface area (Å²) in [5.41, 5.74) is 0.0823. The van der Waals surface area contributed by atoms with Crippen LogP contribution >= 0.6 is 0 Å². The second-order valence-electron chi connectivity index (χ2n) is 3.82. The van der Waals surface area contributed by atoms with Crippen molar-refractivity contribution in [3.8, 4) is 11.6 Å². The number of rotatable bonds is 4. The van der Waals surface area contributed by atoms with Gasteiger partial charge in [-0.1, -0.05) is 0 Å². The Bertz CT molecular complexity index is 687. The van der Waals surface area contributed by atoms with Gasteiger partial charge in [0, 0.05) is 24.5 Å². The topological polar surface area (TPSA) is 115 Å². The summed E-state index contributed by atoms with van der Waals surface area (Å²) >= 11 is 0. The molecule has 2 rings (SSSR count). The zero-order chi connectivity index (χ0) is 14.7. The van der Waals surface area contributed by atoms with Crippen LogP contribution in [0.25, 0.3) is 0 Å². The molecule has 102 valence electrons. The highest BCUT2D eigenvalue weighted by Gasteiger charge is 2.16. The number of benzene rings is 1. The van der Waals surface area contributed by atoms with Crippen LogP contribution in [-0.2, 0) is 0 Å². The number of hydrogen-bond donors (Lipinski definition) is 1. The highest BCUT2D eigenvalue weighted by atomic mass is 16.6. The molecule has 0 spiro atoms. The molecule has 20 heavy (non-hydrogen) atoms. The van der Waals surface area contributed by atoms with Crippen molar-refractivity contribution in [1.29, 1.82) is 0 Å². The smallest absolute Gasteiger partial charge is 0.360 e. The number of aryl methyl sites for hydroxylation is 1. The van der Waals surface area contributed by atoms with Crippen molar-refractivity contribution in [1.82, 2.24) is 9.97 Å². The van der Waals surface area contributed by atoms with Crippen molar-refractivity contribution >= 4 is 11.7 Å². The number of nitro benzene ring substituents is 1. The van der Waals surface area contributed by atoms with E-state index in [2.05, 4.69) is 9.97 Å². The SMILES string of the molecule is Cc1cc([N+](=O)[O-])ccc1Oc1nccnc1C(=O)O. The van der Waals surface area contributed by atoms with Gasteiger partial charge >= 0.3 is 5.97 Å². The molecule has 1 aromatic carbocycles. The summed E-state index contributed by atoms with van der Waals surface area (Å²) < 4.78 is 5.36. The van der Waals surface area contributed by atoms with Crippen LogP contribution in [0.1, 0.15) is 16.1 Å². The van der Waals surface area contributed by atoms with Crippen LogP contribution in [0.15, 0.2) is 30.6 Å². The molecular formula is C12H9N3O5. The number of nitrogens with zero attached hydrogens (tertiary/aromatic N) is 3. The summed E-state index contributed by atoms with van der Waals surface area (Å²) in [6.45, 7) is 1.61. The molecule has 8 nitrogen and oxygen atoms in total. The normalized spacial score (nSPS) is 10.1. The summed E-state index contributed by atoms with van der Waals surface area (Å²) in [6, 6.07) is 3.97. The highest BCUT2D eigenvalue weighted by molar-refractivity contribution is 5.87. The van der Waals surface area contributed by atoms with Crippen molar-refractivity contribution in [3.63, 3.8) is 0 Å². The molecule has 0 bridgehead atoms. The van der Waals surface area contributed by atoms with Gasteiger partial charge in [-0.3, -0.25) is 10.1 Å². The molecule has 1 aromatic heterocycles. The number of aromatic carboxylic acids is 1. The van der Waals surface area contributed by atoms with Gasteiger partial charge in [0.25, 0.3) is 11.6 Å². The minimum absolute atomic E-state index is 0.0764. The molecular weight excluding hydrogens is 266 g/mol. The molecule has 0 atom stereocenters. The molecule has 0 aliphatic heterocycles. The molecule has 0 aliphatic rings. The molecule has 0 radical (unpaired) electrons. The van der Waals surface area contributed by atoms with Gasteiger partial charge in [-0.05, 0) is 18.6 Å².